The van der Waals surface area contributed by atoms with Crippen molar-refractivity contribution < 1.29 is 0 Å². The largest absolute Gasteiger partial charge is 0.349 e. The Labute approximate surface area is 79.8 Å². The fourth-order valence-corrected chi connectivity index (χ4v) is 1.37. The van der Waals surface area contributed by atoms with Crippen molar-refractivity contribution in [3.05, 3.63) is 18.2 Å². The van der Waals surface area contributed by atoms with E-state index in [2.05, 4.69) is 16.9 Å². The maximum atomic E-state index is 5.93. The quantitative estimate of drug-likeness (QED) is 0.703. The molecule has 0 amide bonds. The summed E-state index contributed by atoms with van der Waals surface area (Å²) in [6.07, 6.45) is 9.25. The van der Waals surface area contributed by atoms with E-state index in [0.29, 0.717) is 6.04 Å². The number of nitrogens with zero attached hydrogens (tertiary/aromatic N) is 1. The van der Waals surface area contributed by atoms with Gasteiger partial charge in [0.1, 0.15) is 5.82 Å². The second-order valence-electron chi connectivity index (χ2n) is 3.48. The summed E-state index contributed by atoms with van der Waals surface area (Å²) in [5.74, 6) is 1.05. The van der Waals surface area contributed by atoms with Crippen LogP contribution in [-0.4, -0.2) is 16.0 Å². The highest BCUT2D eigenvalue weighted by atomic mass is 14.9. The van der Waals surface area contributed by atoms with Crippen LogP contribution in [0.25, 0.3) is 0 Å². The number of aryl methyl sites for hydroxylation is 1. The highest BCUT2D eigenvalue weighted by Crippen LogP contribution is 2.04. The van der Waals surface area contributed by atoms with Gasteiger partial charge >= 0.3 is 0 Å². The number of nitrogens with two attached hydrogens (primary N) is 1. The number of hydrogen-bond donors (Lipinski definition) is 2. The van der Waals surface area contributed by atoms with E-state index in [-0.39, 0.29) is 0 Å². The number of unbranched alkanes of at least 4 members (excludes halogenated alkanes) is 1. The van der Waals surface area contributed by atoms with Gasteiger partial charge in [0.05, 0.1) is 0 Å². The Morgan fingerprint density at radius 1 is 1.54 bits per heavy atom. The Kier molecular flexibility index (Phi) is 4.54. The molecular formula is C10H19N3. The summed E-state index contributed by atoms with van der Waals surface area (Å²) in [7, 11) is 0. The minimum absolute atomic E-state index is 0.338. The predicted molar refractivity (Wildman–Crippen MR) is 54.4 cm³/mol. The van der Waals surface area contributed by atoms with Gasteiger partial charge in [0.15, 0.2) is 0 Å². The van der Waals surface area contributed by atoms with E-state index in [1.807, 2.05) is 6.20 Å². The van der Waals surface area contributed by atoms with Crippen LogP contribution in [0.15, 0.2) is 12.4 Å². The van der Waals surface area contributed by atoms with Crippen molar-refractivity contribution in [2.45, 2.75) is 45.1 Å². The van der Waals surface area contributed by atoms with Crippen molar-refractivity contribution in [3.8, 4) is 0 Å². The fourth-order valence-electron chi connectivity index (χ4n) is 1.37. The molecule has 0 aliphatic heterocycles. The van der Waals surface area contributed by atoms with Gasteiger partial charge in [-0.2, -0.15) is 0 Å². The van der Waals surface area contributed by atoms with Gasteiger partial charge < -0.3 is 10.7 Å². The Hall–Kier alpha value is -0.830. The van der Waals surface area contributed by atoms with E-state index in [4.69, 9.17) is 5.73 Å². The molecular weight excluding hydrogens is 162 g/mol. The van der Waals surface area contributed by atoms with Crippen LogP contribution in [-0.2, 0) is 6.42 Å². The van der Waals surface area contributed by atoms with E-state index >= 15 is 0 Å². The van der Waals surface area contributed by atoms with Gasteiger partial charge in [0, 0.05) is 24.9 Å². The lowest BCUT2D eigenvalue weighted by Gasteiger charge is -2.08. The molecule has 3 heteroatoms. The molecule has 0 aliphatic rings. The summed E-state index contributed by atoms with van der Waals surface area (Å²) in [6.45, 7) is 2.19. The number of H-pyrrole nitrogens is 1. The van der Waals surface area contributed by atoms with Crippen LogP contribution in [0.5, 0.6) is 0 Å². The lowest BCUT2D eigenvalue weighted by Crippen LogP contribution is -2.20. The molecule has 3 N–H and O–H groups in total. The molecule has 1 unspecified atom stereocenters. The third-order valence-corrected chi connectivity index (χ3v) is 2.24. The average Bonchev–Trinajstić information content (AvgIpc) is 2.64. The van der Waals surface area contributed by atoms with Crippen molar-refractivity contribution in [3.63, 3.8) is 0 Å². The summed E-state index contributed by atoms with van der Waals surface area (Å²) in [4.78, 5) is 7.24. The van der Waals surface area contributed by atoms with Crippen molar-refractivity contribution in [2.24, 2.45) is 5.73 Å². The fraction of sp³-hybridized carbons (Fsp3) is 0.700. The van der Waals surface area contributed by atoms with Crippen LogP contribution in [0.3, 0.4) is 0 Å². The van der Waals surface area contributed by atoms with Crippen molar-refractivity contribution in [1.29, 1.82) is 0 Å². The zero-order valence-electron chi connectivity index (χ0n) is 8.29. The zero-order valence-corrected chi connectivity index (χ0v) is 8.29. The normalized spacial score (nSPS) is 13.1. The SMILES string of the molecule is CCCCC(N)CCc1ncc[nH]1. The highest BCUT2D eigenvalue weighted by Gasteiger charge is 2.03. The van der Waals surface area contributed by atoms with Gasteiger partial charge in [-0.15, -0.1) is 0 Å². The van der Waals surface area contributed by atoms with Crippen LogP contribution in [0.1, 0.15) is 38.4 Å². The minimum atomic E-state index is 0.338. The second kappa shape index (κ2) is 5.75. The average molecular weight is 181 g/mol. The lowest BCUT2D eigenvalue weighted by atomic mass is 10.1. The first-order valence-corrected chi connectivity index (χ1v) is 5.06. The molecule has 0 saturated carbocycles. The Morgan fingerprint density at radius 2 is 2.38 bits per heavy atom. The third-order valence-electron chi connectivity index (χ3n) is 2.24. The molecule has 1 atom stereocenters. The first kappa shape index (κ1) is 10.3. The van der Waals surface area contributed by atoms with Crippen LogP contribution in [0.4, 0.5) is 0 Å². The number of imidazole rings is 1. The maximum Gasteiger partial charge on any atom is 0.106 e. The van der Waals surface area contributed by atoms with E-state index in [1.165, 1.54) is 12.8 Å². The van der Waals surface area contributed by atoms with Gasteiger partial charge in [0.2, 0.25) is 0 Å². The van der Waals surface area contributed by atoms with Gasteiger partial charge in [-0.25, -0.2) is 4.98 Å². The molecule has 0 saturated heterocycles. The number of hydrogen-bond acceptors (Lipinski definition) is 2. The standard InChI is InChI=1S/C10H19N3/c1-2-3-4-9(11)5-6-10-12-7-8-13-10/h7-9H,2-6,11H2,1H3,(H,12,13). The van der Waals surface area contributed by atoms with Crippen LogP contribution in [0.2, 0.25) is 0 Å². The third kappa shape index (κ3) is 4.08. The van der Waals surface area contributed by atoms with Crippen LogP contribution in [0, 0.1) is 0 Å². The summed E-state index contributed by atoms with van der Waals surface area (Å²) in [5.41, 5.74) is 5.93. The molecule has 1 aromatic heterocycles. The number of nitrogens with one attached hydrogen (secondary N) is 1. The Morgan fingerprint density at radius 3 is 3.00 bits per heavy atom. The summed E-state index contributed by atoms with van der Waals surface area (Å²) < 4.78 is 0. The molecule has 0 aromatic carbocycles. The van der Waals surface area contributed by atoms with Gasteiger partial charge in [0.25, 0.3) is 0 Å². The van der Waals surface area contributed by atoms with Gasteiger partial charge in [-0.3, -0.25) is 0 Å². The van der Waals surface area contributed by atoms with Gasteiger partial charge in [-0.05, 0) is 12.8 Å². The molecule has 13 heavy (non-hydrogen) atoms. The Balaban J connectivity index is 2.11. The summed E-state index contributed by atoms with van der Waals surface area (Å²) >= 11 is 0. The number of aromatic amines is 1. The maximum absolute atomic E-state index is 5.93. The van der Waals surface area contributed by atoms with Crippen molar-refractivity contribution >= 4 is 0 Å². The second-order valence-corrected chi connectivity index (χ2v) is 3.48. The monoisotopic (exact) mass is 181 g/mol. The Bertz CT molecular complexity index is 206. The molecule has 0 fully saturated rings. The highest BCUT2D eigenvalue weighted by molar-refractivity contribution is 4.87. The molecule has 0 bridgehead atoms. The van der Waals surface area contributed by atoms with E-state index in [1.54, 1.807) is 6.20 Å². The summed E-state index contributed by atoms with van der Waals surface area (Å²) in [6, 6.07) is 0.338. The molecule has 1 rings (SSSR count). The molecule has 0 radical (unpaired) electrons. The van der Waals surface area contributed by atoms with Gasteiger partial charge in [-0.1, -0.05) is 19.8 Å². The van der Waals surface area contributed by atoms with E-state index in [0.717, 1.165) is 25.1 Å². The van der Waals surface area contributed by atoms with E-state index in [9.17, 15) is 0 Å². The zero-order chi connectivity index (χ0) is 9.52. The first-order chi connectivity index (χ1) is 6.33. The summed E-state index contributed by atoms with van der Waals surface area (Å²) in [5, 5.41) is 0. The van der Waals surface area contributed by atoms with E-state index < -0.39 is 0 Å². The molecule has 0 spiro atoms. The lowest BCUT2D eigenvalue weighted by molar-refractivity contribution is 0.536. The topological polar surface area (TPSA) is 54.7 Å². The smallest absolute Gasteiger partial charge is 0.106 e. The molecule has 0 aliphatic carbocycles. The van der Waals surface area contributed by atoms with Crippen LogP contribution >= 0.6 is 0 Å². The molecule has 1 aromatic rings. The molecule has 3 nitrogen and oxygen atoms in total. The predicted octanol–water partition coefficient (Wildman–Crippen LogP) is 1.86. The van der Waals surface area contributed by atoms with Crippen LogP contribution < -0.4 is 5.73 Å². The van der Waals surface area contributed by atoms with Crippen molar-refractivity contribution in [1.82, 2.24) is 9.97 Å². The molecule has 74 valence electrons. The molecule has 1 heterocycles. The number of aromatic nitrogens is 2. The minimum Gasteiger partial charge on any atom is -0.349 e. The van der Waals surface area contributed by atoms with Crippen molar-refractivity contribution in [2.75, 3.05) is 0 Å². The first-order valence-electron chi connectivity index (χ1n) is 5.06. The number of rotatable bonds is 6.